The molecule has 6 fully saturated rings. The second kappa shape index (κ2) is 9.44. The number of hydrogen-bond donors (Lipinski definition) is 1. The monoisotopic (exact) mass is 577 g/mol. The number of carboxylic acid groups (broad SMARTS) is 1. The maximum atomic E-state index is 13.9. The summed E-state index contributed by atoms with van der Waals surface area (Å²) in [6.45, 7) is 0. The third-order valence-electron chi connectivity index (χ3n) is 10.6. The van der Waals surface area contributed by atoms with Gasteiger partial charge in [-0.15, -0.1) is 0 Å². The summed E-state index contributed by atoms with van der Waals surface area (Å²) in [5, 5.41) is 15.0. The van der Waals surface area contributed by atoms with Gasteiger partial charge in [-0.3, -0.25) is 0 Å². The van der Waals surface area contributed by atoms with E-state index in [1.807, 2.05) is 0 Å². The minimum absolute atomic E-state index is 0.0312. The van der Waals surface area contributed by atoms with E-state index in [1.165, 1.54) is 43.8 Å². The lowest BCUT2D eigenvalue weighted by Gasteiger charge is -2.45. The number of carbonyl (C=O) groups is 2. The number of piperidine rings is 1. The van der Waals surface area contributed by atoms with Gasteiger partial charge in [0.15, 0.2) is 10.9 Å². The molecular formula is C31H35N3O6S. The van der Waals surface area contributed by atoms with Gasteiger partial charge in [0.1, 0.15) is 28.6 Å². The van der Waals surface area contributed by atoms with Crippen LogP contribution < -0.4 is 9.64 Å². The quantitative estimate of drug-likeness (QED) is 0.316. The smallest absolute Gasteiger partial charge is 0.344 e. The Balaban J connectivity index is 1.04. The molecule has 4 aliphatic carbocycles. The Bertz CT molecular complexity index is 1510. The van der Waals surface area contributed by atoms with Crippen LogP contribution in [0, 0.1) is 5.92 Å². The number of benzene rings is 1. The summed E-state index contributed by atoms with van der Waals surface area (Å²) < 4.78 is 18.5. The van der Waals surface area contributed by atoms with Crippen LogP contribution in [0.15, 0.2) is 16.7 Å². The SMILES string of the molecule is COc1cc(C(=O)O)cc2sc(N3C4CCC3CC(OC(=O)c3c(C56CCC(CC5)CC6)noc3C3CC3)C4)nc12. The highest BCUT2D eigenvalue weighted by atomic mass is 32.1. The minimum Gasteiger partial charge on any atom is -0.494 e. The van der Waals surface area contributed by atoms with Gasteiger partial charge in [-0.2, -0.15) is 0 Å². The molecule has 4 heterocycles. The molecule has 9 nitrogen and oxygen atoms in total. The molecule has 4 bridgehead atoms. The van der Waals surface area contributed by atoms with Gasteiger partial charge in [0.05, 0.1) is 17.4 Å². The third kappa shape index (κ3) is 4.15. The van der Waals surface area contributed by atoms with Crippen molar-refractivity contribution in [2.45, 2.75) is 107 Å². The molecule has 216 valence electrons. The Morgan fingerprint density at radius 1 is 1.05 bits per heavy atom. The standard InChI is InChI=1S/C31H35N3O6S/c1-38-22-12-18(28(35)36)13-23-25(22)32-30(41-23)34-19-4-5-20(34)15-21(14-19)39-29(37)24-26(17-2-3-17)40-33-27(24)31-9-6-16(7-10-31)8-11-31/h12-13,16-17,19-21H,2-11,14-15H2,1H3,(H,35,36). The first-order chi connectivity index (χ1) is 19.9. The van der Waals surface area contributed by atoms with E-state index in [0.29, 0.717) is 22.7 Å². The van der Waals surface area contributed by atoms with Crippen LogP contribution in [0.3, 0.4) is 0 Å². The normalized spacial score (nSPS) is 30.6. The summed E-state index contributed by atoms with van der Waals surface area (Å²) >= 11 is 1.50. The van der Waals surface area contributed by atoms with Gasteiger partial charge in [0, 0.05) is 36.3 Å². The Morgan fingerprint density at radius 2 is 1.76 bits per heavy atom. The number of hydrogen-bond acceptors (Lipinski definition) is 9. The Kier molecular flexibility index (Phi) is 5.89. The van der Waals surface area contributed by atoms with E-state index in [4.69, 9.17) is 19.0 Å². The highest BCUT2D eigenvalue weighted by molar-refractivity contribution is 7.22. The number of carbonyl (C=O) groups excluding carboxylic acids is 1. The van der Waals surface area contributed by atoms with E-state index < -0.39 is 5.97 Å². The summed E-state index contributed by atoms with van der Waals surface area (Å²) in [5.74, 6) is 1.13. The summed E-state index contributed by atoms with van der Waals surface area (Å²) in [4.78, 5) is 32.8. The van der Waals surface area contributed by atoms with Crippen LogP contribution in [0.25, 0.3) is 10.2 Å². The predicted octanol–water partition coefficient (Wildman–Crippen LogP) is 6.45. The van der Waals surface area contributed by atoms with E-state index in [1.54, 1.807) is 6.07 Å². The third-order valence-corrected chi connectivity index (χ3v) is 11.6. The molecule has 1 N–H and O–H groups in total. The van der Waals surface area contributed by atoms with E-state index in [9.17, 15) is 14.7 Å². The summed E-state index contributed by atoms with van der Waals surface area (Å²) in [7, 11) is 1.54. The number of thiazole rings is 1. The fourth-order valence-electron chi connectivity index (χ4n) is 8.21. The van der Waals surface area contributed by atoms with Crippen molar-refractivity contribution < 1.29 is 28.7 Å². The molecule has 0 spiro atoms. The van der Waals surface area contributed by atoms with E-state index in [-0.39, 0.29) is 35.1 Å². The Hall–Kier alpha value is -3.14. The molecular weight excluding hydrogens is 542 g/mol. The van der Waals surface area contributed by atoms with Crippen LogP contribution in [0.4, 0.5) is 5.13 Å². The van der Waals surface area contributed by atoms with Crippen LogP contribution in [0.2, 0.25) is 0 Å². The first kappa shape index (κ1) is 25.6. The average molecular weight is 578 g/mol. The van der Waals surface area contributed by atoms with E-state index in [2.05, 4.69) is 10.1 Å². The fourth-order valence-corrected chi connectivity index (χ4v) is 9.38. The number of nitrogens with zero attached hydrogens (tertiary/aromatic N) is 3. The molecule has 10 heteroatoms. The molecule has 9 rings (SSSR count). The van der Waals surface area contributed by atoms with Crippen molar-refractivity contribution in [2.24, 2.45) is 5.92 Å². The maximum absolute atomic E-state index is 13.9. The van der Waals surface area contributed by atoms with Crippen molar-refractivity contribution >= 4 is 38.6 Å². The topological polar surface area (TPSA) is 115 Å². The number of aromatic carboxylic acids is 1. The number of methoxy groups -OCH3 is 1. The molecule has 6 aliphatic rings. The van der Waals surface area contributed by atoms with Gasteiger partial charge in [0.2, 0.25) is 0 Å². The maximum Gasteiger partial charge on any atom is 0.344 e. The van der Waals surface area contributed by atoms with Crippen molar-refractivity contribution in [1.29, 1.82) is 0 Å². The summed E-state index contributed by atoms with van der Waals surface area (Å²) in [6.07, 6.45) is 12.4. The number of anilines is 1. The molecule has 2 atom stereocenters. The van der Waals surface area contributed by atoms with Gasteiger partial charge < -0.3 is 24.0 Å². The lowest BCUT2D eigenvalue weighted by molar-refractivity contribution is 0.0195. The second-order valence-corrected chi connectivity index (χ2v) is 13.9. The van der Waals surface area contributed by atoms with Gasteiger partial charge in [-0.25, -0.2) is 14.6 Å². The summed E-state index contributed by atoms with van der Waals surface area (Å²) in [6, 6.07) is 3.63. The first-order valence-electron chi connectivity index (χ1n) is 15.1. The highest BCUT2D eigenvalue weighted by Gasteiger charge is 2.49. The van der Waals surface area contributed by atoms with E-state index >= 15 is 0 Å². The zero-order valence-electron chi connectivity index (χ0n) is 23.3. The number of rotatable bonds is 7. The Labute approximate surface area is 242 Å². The molecule has 0 radical (unpaired) electrons. The lowest BCUT2D eigenvalue weighted by atomic mass is 9.59. The van der Waals surface area contributed by atoms with Gasteiger partial charge in [-0.05, 0) is 82.3 Å². The van der Waals surface area contributed by atoms with Crippen LogP contribution in [0.5, 0.6) is 5.75 Å². The molecule has 4 saturated carbocycles. The van der Waals surface area contributed by atoms with Crippen molar-refractivity contribution in [1.82, 2.24) is 10.1 Å². The largest absolute Gasteiger partial charge is 0.494 e. The first-order valence-corrected chi connectivity index (χ1v) is 16.0. The highest BCUT2D eigenvalue weighted by Crippen LogP contribution is 2.54. The molecule has 41 heavy (non-hydrogen) atoms. The number of carboxylic acids is 1. The lowest BCUT2D eigenvalue weighted by Crippen LogP contribution is -2.46. The molecule has 2 unspecified atom stereocenters. The number of esters is 1. The minimum atomic E-state index is -0.987. The van der Waals surface area contributed by atoms with Crippen molar-refractivity contribution in [2.75, 3.05) is 12.0 Å². The molecule has 2 aliphatic heterocycles. The van der Waals surface area contributed by atoms with Crippen LogP contribution in [0.1, 0.15) is 115 Å². The van der Waals surface area contributed by atoms with Crippen molar-refractivity contribution in [3.63, 3.8) is 0 Å². The van der Waals surface area contributed by atoms with E-state index in [0.717, 1.165) is 85.0 Å². The molecule has 2 saturated heterocycles. The Morgan fingerprint density at radius 3 is 2.39 bits per heavy atom. The van der Waals surface area contributed by atoms with Gasteiger partial charge in [-0.1, -0.05) is 16.5 Å². The zero-order chi connectivity index (χ0) is 27.9. The van der Waals surface area contributed by atoms with Crippen LogP contribution in [-0.2, 0) is 10.2 Å². The average Bonchev–Trinajstić information content (AvgIpc) is 3.47. The van der Waals surface area contributed by atoms with Gasteiger partial charge >= 0.3 is 11.9 Å². The molecule has 0 amide bonds. The fraction of sp³-hybridized carbons (Fsp3) is 0.613. The molecule has 3 aromatic rings. The molecule has 2 aromatic heterocycles. The number of aromatic nitrogens is 2. The number of fused-ring (bicyclic) bond motifs is 6. The number of ether oxygens (including phenoxy) is 2. The second-order valence-electron chi connectivity index (χ2n) is 12.9. The summed E-state index contributed by atoms with van der Waals surface area (Å²) in [5.41, 5.74) is 2.38. The van der Waals surface area contributed by atoms with Crippen molar-refractivity contribution in [3.05, 3.63) is 34.7 Å². The predicted molar refractivity (Wildman–Crippen MR) is 152 cm³/mol. The zero-order valence-corrected chi connectivity index (χ0v) is 24.1. The van der Waals surface area contributed by atoms with Crippen molar-refractivity contribution in [3.8, 4) is 5.75 Å². The van der Waals surface area contributed by atoms with Crippen LogP contribution in [-0.4, -0.2) is 52.5 Å². The van der Waals surface area contributed by atoms with Gasteiger partial charge in [0.25, 0.3) is 0 Å². The molecule has 1 aromatic carbocycles. The van der Waals surface area contributed by atoms with Crippen LogP contribution >= 0.6 is 11.3 Å².